The zero-order chi connectivity index (χ0) is 20.5. The zero-order valence-electron chi connectivity index (χ0n) is 15.1. The molecular formula is C19H14ClFN8. The predicted octanol–water partition coefficient (Wildman–Crippen LogP) is 4.28. The van der Waals surface area contributed by atoms with Crippen LogP contribution in [0.2, 0.25) is 5.15 Å². The minimum atomic E-state index is -0.383. The third kappa shape index (κ3) is 3.41. The van der Waals surface area contributed by atoms with Gasteiger partial charge in [0.1, 0.15) is 23.8 Å². The van der Waals surface area contributed by atoms with Gasteiger partial charge in [-0.25, -0.2) is 28.7 Å². The van der Waals surface area contributed by atoms with Gasteiger partial charge in [-0.1, -0.05) is 23.7 Å². The number of hydrogen-bond donors (Lipinski definition) is 2. The highest BCUT2D eigenvalue weighted by atomic mass is 35.5. The van der Waals surface area contributed by atoms with Crippen LogP contribution in [0.15, 0.2) is 42.9 Å². The van der Waals surface area contributed by atoms with Gasteiger partial charge in [0.15, 0.2) is 10.8 Å². The second kappa shape index (κ2) is 7.33. The standard InChI is InChI=1S/C19H14ClFN8/c1-10(27-19-17(23-2)18(22)25-9-26-19)13-7-15-24-8-14(20)29(15)28-16(13)11-4-3-5-12(21)6-11/h3-10H,1H3,(H3,22,25,26,27)/t10-/m0/s1. The molecule has 144 valence electrons. The molecule has 0 bridgehead atoms. The highest BCUT2D eigenvalue weighted by Crippen LogP contribution is 2.34. The molecule has 0 saturated carbocycles. The van der Waals surface area contributed by atoms with Crippen LogP contribution >= 0.6 is 11.6 Å². The molecule has 0 fully saturated rings. The van der Waals surface area contributed by atoms with Crippen molar-refractivity contribution in [3.05, 3.63) is 70.8 Å². The molecule has 29 heavy (non-hydrogen) atoms. The maximum atomic E-state index is 13.9. The summed E-state index contributed by atoms with van der Waals surface area (Å²) in [4.78, 5) is 15.6. The Hall–Kier alpha value is -3.77. The number of fused-ring (bicyclic) bond motifs is 1. The van der Waals surface area contributed by atoms with Crippen molar-refractivity contribution in [3.8, 4) is 11.3 Å². The van der Waals surface area contributed by atoms with Gasteiger partial charge in [-0.05, 0) is 25.1 Å². The van der Waals surface area contributed by atoms with Gasteiger partial charge in [-0.3, -0.25) is 0 Å². The van der Waals surface area contributed by atoms with Crippen LogP contribution in [0.5, 0.6) is 0 Å². The molecule has 3 aromatic heterocycles. The summed E-state index contributed by atoms with van der Waals surface area (Å²) >= 11 is 6.17. The topological polar surface area (TPSA) is 98.4 Å². The third-order valence-electron chi connectivity index (χ3n) is 4.36. The summed E-state index contributed by atoms with van der Waals surface area (Å²) in [7, 11) is 0. The maximum absolute atomic E-state index is 13.9. The number of nitrogens with one attached hydrogen (secondary N) is 1. The Morgan fingerprint density at radius 2 is 2.10 bits per heavy atom. The number of anilines is 2. The van der Waals surface area contributed by atoms with Crippen molar-refractivity contribution < 1.29 is 4.39 Å². The molecule has 0 spiro atoms. The van der Waals surface area contributed by atoms with Crippen LogP contribution in [0.25, 0.3) is 21.7 Å². The van der Waals surface area contributed by atoms with Crippen molar-refractivity contribution in [1.29, 1.82) is 0 Å². The Labute approximate surface area is 170 Å². The Balaban J connectivity index is 1.85. The number of halogens is 2. The summed E-state index contributed by atoms with van der Waals surface area (Å²) in [6.45, 7) is 9.20. The molecule has 1 aromatic carbocycles. The lowest BCUT2D eigenvalue weighted by atomic mass is 10.0. The average molecular weight is 409 g/mol. The highest BCUT2D eigenvalue weighted by molar-refractivity contribution is 6.29. The fourth-order valence-corrected chi connectivity index (χ4v) is 3.16. The van der Waals surface area contributed by atoms with Crippen LogP contribution < -0.4 is 11.1 Å². The van der Waals surface area contributed by atoms with Crippen LogP contribution in [0.1, 0.15) is 18.5 Å². The lowest BCUT2D eigenvalue weighted by molar-refractivity contribution is 0.628. The largest absolute Gasteiger partial charge is 0.392 e. The molecule has 10 heteroatoms. The summed E-state index contributed by atoms with van der Waals surface area (Å²) in [5.41, 5.74) is 8.25. The van der Waals surface area contributed by atoms with Gasteiger partial charge >= 0.3 is 0 Å². The van der Waals surface area contributed by atoms with Crippen LogP contribution in [-0.4, -0.2) is 24.6 Å². The minimum absolute atomic E-state index is 0.0867. The van der Waals surface area contributed by atoms with Gasteiger partial charge in [-0.2, -0.15) is 5.10 Å². The van der Waals surface area contributed by atoms with E-state index in [9.17, 15) is 4.39 Å². The van der Waals surface area contributed by atoms with Crippen molar-refractivity contribution in [2.45, 2.75) is 13.0 Å². The maximum Gasteiger partial charge on any atom is 0.268 e. The number of hydrogen-bond acceptors (Lipinski definition) is 6. The molecule has 0 radical (unpaired) electrons. The van der Waals surface area contributed by atoms with Crippen molar-refractivity contribution in [1.82, 2.24) is 24.6 Å². The van der Waals surface area contributed by atoms with E-state index in [2.05, 4.69) is 30.2 Å². The van der Waals surface area contributed by atoms with E-state index in [0.29, 0.717) is 27.9 Å². The molecule has 0 unspecified atom stereocenters. The van der Waals surface area contributed by atoms with Crippen molar-refractivity contribution in [2.75, 3.05) is 11.1 Å². The first-order valence-electron chi connectivity index (χ1n) is 8.52. The predicted molar refractivity (Wildman–Crippen MR) is 108 cm³/mol. The van der Waals surface area contributed by atoms with E-state index in [0.717, 1.165) is 5.56 Å². The van der Waals surface area contributed by atoms with Crippen molar-refractivity contribution in [2.24, 2.45) is 0 Å². The number of benzene rings is 1. The molecule has 0 aliphatic heterocycles. The fourth-order valence-electron chi connectivity index (χ4n) is 2.98. The molecule has 0 amide bonds. The highest BCUT2D eigenvalue weighted by Gasteiger charge is 2.20. The summed E-state index contributed by atoms with van der Waals surface area (Å²) in [6, 6.07) is 7.55. The average Bonchev–Trinajstić information content (AvgIpc) is 3.07. The van der Waals surface area contributed by atoms with E-state index in [-0.39, 0.29) is 23.4 Å². The number of aromatic nitrogens is 5. The minimum Gasteiger partial charge on any atom is -0.392 e. The van der Waals surface area contributed by atoms with Crippen LogP contribution in [0, 0.1) is 12.4 Å². The molecule has 0 aliphatic carbocycles. The molecule has 8 nitrogen and oxygen atoms in total. The van der Waals surface area contributed by atoms with Gasteiger partial charge in [0.05, 0.1) is 24.5 Å². The van der Waals surface area contributed by atoms with Gasteiger partial charge < -0.3 is 11.1 Å². The Kier molecular flexibility index (Phi) is 4.70. The monoisotopic (exact) mass is 408 g/mol. The third-order valence-corrected chi connectivity index (χ3v) is 4.62. The van der Waals surface area contributed by atoms with Crippen LogP contribution in [0.4, 0.5) is 21.7 Å². The summed E-state index contributed by atoms with van der Waals surface area (Å²) in [5.74, 6) is 0.00154. The summed E-state index contributed by atoms with van der Waals surface area (Å²) in [6.07, 6.45) is 2.77. The molecule has 0 saturated heterocycles. The van der Waals surface area contributed by atoms with E-state index in [1.165, 1.54) is 29.2 Å². The molecule has 4 rings (SSSR count). The fraction of sp³-hybridized carbons (Fsp3) is 0.105. The Morgan fingerprint density at radius 3 is 2.86 bits per heavy atom. The lowest BCUT2D eigenvalue weighted by Crippen LogP contribution is -2.12. The van der Waals surface area contributed by atoms with Crippen molar-refractivity contribution in [3.63, 3.8) is 0 Å². The van der Waals surface area contributed by atoms with E-state index >= 15 is 0 Å². The first kappa shape index (κ1) is 18.6. The smallest absolute Gasteiger partial charge is 0.268 e. The van der Waals surface area contributed by atoms with Crippen molar-refractivity contribution >= 4 is 34.6 Å². The zero-order valence-corrected chi connectivity index (χ0v) is 15.9. The second-order valence-electron chi connectivity index (χ2n) is 6.24. The van der Waals surface area contributed by atoms with Gasteiger partial charge in [0.25, 0.3) is 5.69 Å². The van der Waals surface area contributed by atoms with Gasteiger partial charge in [0, 0.05) is 11.1 Å². The van der Waals surface area contributed by atoms with Crippen LogP contribution in [-0.2, 0) is 0 Å². The van der Waals surface area contributed by atoms with E-state index in [1.54, 1.807) is 18.2 Å². The number of imidazole rings is 1. The number of rotatable bonds is 4. The Bertz CT molecular complexity index is 1260. The number of nitrogens with zero attached hydrogens (tertiary/aromatic N) is 6. The Morgan fingerprint density at radius 1 is 1.28 bits per heavy atom. The number of nitrogen functional groups attached to an aromatic ring is 1. The molecular weight excluding hydrogens is 395 g/mol. The summed E-state index contributed by atoms with van der Waals surface area (Å²) in [5, 5.41) is 8.07. The lowest BCUT2D eigenvalue weighted by Gasteiger charge is -2.19. The van der Waals surface area contributed by atoms with Crippen LogP contribution in [0.3, 0.4) is 0 Å². The van der Waals surface area contributed by atoms with E-state index < -0.39 is 0 Å². The quantitative estimate of drug-likeness (QED) is 0.489. The summed E-state index contributed by atoms with van der Waals surface area (Å²) < 4.78 is 15.3. The first-order valence-corrected chi connectivity index (χ1v) is 8.90. The molecule has 3 N–H and O–H groups in total. The number of nitrogens with two attached hydrogens (primary N) is 1. The second-order valence-corrected chi connectivity index (χ2v) is 6.63. The van der Waals surface area contributed by atoms with E-state index in [4.69, 9.17) is 23.9 Å². The SMILES string of the molecule is [C-]#[N+]c1c(N)ncnc1N[C@@H](C)c1cc2ncc(Cl)n2nc1-c1cccc(F)c1. The van der Waals surface area contributed by atoms with E-state index in [1.807, 2.05) is 6.92 Å². The normalized spacial score (nSPS) is 11.9. The molecule has 0 aliphatic rings. The van der Waals surface area contributed by atoms with Gasteiger partial charge in [0.2, 0.25) is 0 Å². The molecule has 4 aromatic rings. The first-order chi connectivity index (χ1) is 14.0. The molecule has 1 atom stereocenters. The molecule has 3 heterocycles. The van der Waals surface area contributed by atoms with Gasteiger partial charge in [-0.15, -0.1) is 0 Å².